The third-order valence-corrected chi connectivity index (χ3v) is 6.84. The predicted molar refractivity (Wildman–Crippen MR) is 132 cm³/mol. The highest BCUT2D eigenvalue weighted by Crippen LogP contribution is 2.44. The van der Waals surface area contributed by atoms with E-state index in [0.29, 0.717) is 47.5 Å². The zero-order valence-corrected chi connectivity index (χ0v) is 20.4. The third-order valence-electron chi connectivity index (χ3n) is 6.62. The fourth-order valence-electron chi connectivity index (χ4n) is 4.84. The number of Topliss-reactive ketones (excluding diaryl/α,β-unsaturated/α-hetero) is 1. The van der Waals surface area contributed by atoms with Crippen LogP contribution in [-0.2, 0) is 24.3 Å². The smallest absolute Gasteiger partial charge is 0.231 e. The van der Waals surface area contributed by atoms with Crippen LogP contribution in [0.1, 0.15) is 38.2 Å². The summed E-state index contributed by atoms with van der Waals surface area (Å²) in [7, 11) is 0. The van der Waals surface area contributed by atoms with Crippen LogP contribution in [0.4, 0.5) is 4.39 Å². The molecule has 3 aliphatic rings. The summed E-state index contributed by atoms with van der Waals surface area (Å²) >= 11 is 6.29. The average Bonchev–Trinajstić information content (AvgIpc) is 3.19. The van der Waals surface area contributed by atoms with Crippen LogP contribution in [0, 0.1) is 12.7 Å². The summed E-state index contributed by atoms with van der Waals surface area (Å²) in [4.78, 5) is 15.5. The van der Waals surface area contributed by atoms with E-state index < -0.39 is 0 Å². The summed E-state index contributed by atoms with van der Waals surface area (Å²) in [6, 6.07) is 11.9. The van der Waals surface area contributed by atoms with Crippen molar-refractivity contribution in [2.24, 2.45) is 0 Å². The van der Waals surface area contributed by atoms with Crippen molar-refractivity contribution in [3.63, 3.8) is 0 Å². The van der Waals surface area contributed by atoms with Gasteiger partial charge in [-0.1, -0.05) is 23.7 Å². The molecule has 0 aliphatic carbocycles. The number of carbonyl (C=O) groups is 1. The van der Waals surface area contributed by atoms with Crippen LogP contribution in [0.25, 0.3) is 6.08 Å². The quantitative estimate of drug-likeness (QED) is 0.424. The van der Waals surface area contributed by atoms with E-state index in [0.717, 1.165) is 41.0 Å². The molecule has 0 aromatic heterocycles. The van der Waals surface area contributed by atoms with E-state index in [1.54, 1.807) is 30.3 Å². The lowest BCUT2D eigenvalue weighted by Crippen LogP contribution is -2.34. The van der Waals surface area contributed by atoms with Gasteiger partial charge in [-0.15, -0.1) is 0 Å². The summed E-state index contributed by atoms with van der Waals surface area (Å²) in [5, 5.41) is 0.526. The van der Waals surface area contributed by atoms with Crippen LogP contribution in [-0.4, -0.2) is 30.8 Å². The van der Waals surface area contributed by atoms with Crippen molar-refractivity contribution in [1.82, 2.24) is 4.90 Å². The largest absolute Gasteiger partial charge is 0.477 e. The predicted octanol–water partition coefficient (Wildman–Crippen LogP) is 5.66. The second kappa shape index (κ2) is 9.24. The first-order valence-electron chi connectivity index (χ1n) is 11.7. The normalized spacial score (nSPS) is 17.6. The maximum Gasteiger partial charge on any atom is 0.231 e. The van der Waals surface area contributed by atoms with Crippen molar-refractivity contribution >= 4 is 23.5 Å². The molecule has 3 aliphatic heterocycles. The number of fused-ring (bicyclic) bond motifs is 3. The minimum Gasteiger partial charge on any atom is -0.477 e. The molecule has 0 amide bonds. The highest BCUT2D eigenvalue weighted by Gasteiger charge is 2.34. The monoisotopic (exact) mass is 507 g/mol. The van der Waals surface area contributed by atoms with Gasteiger partial charge < -0.3 is 18.9 Å². The second-order valence-corrected chi connectivity index (χ2v) is 9.54. The van der Waals surface area contributed by atoms with Gasteiger partial charge in [0.25, 0.3) is 0 Å². The first-order chi connectivity index (χ1) is 17.5. The second-order valence-electron chi connectivity index (χ2n) is 9.10. The van der Waals surface area contributed by atoms with Crippen LogP contribution in [0.2, 0.25) is 5.02 Å². The molecule has 184 valence electrons. The molecule has 0 bridgehead atoms. The van der Waals surface area contributed by atoms with Crippen molar-refractivity contribution in [2.45, 2.75) is 26.5 Å². The van der Waals surface area contributed by atoms with E-state index in [1.165, 1.54) is 12.1 Å². The van der Waals surface area contributed by atoms with E-state index in [9.17, 15) is 9.18 Å². The molecule has 0 atom stereocenters. The molecule has 0 N–H and O–H groups in total. The number of rotatable bonds is 4. The summed E-state index contributed by atoms with van der Waals surface area (Å²) in [5.41, 5.74) is 4.81. The maximum atomic E-state index is 13.3. The summed E-state index contributed by atoms with van der Waals surface area (Å²) in [6.07, 6.45) is 2.45. The first-order valence-corrected chi connectivity index (χ1v) is 12.1. The number of hydrogen-bond acceptors (Lipinski definition) is 6. The number of allylic oxidation sites excluding steroid dienone is 1. The zero-order valence-electron chi connectivity index (χ0n) is 19.6. The number of ether oxygens (including phenoxy) is 4. The summed E-state index contributed by atoms with van der Waals surface area (Å²) in [6.45, 7) is 4.26. The highest BCUT2D eigenvalue weighted by atomic mass is 35.5. The van der Waals surface area contributed by atoms with E-state index in [2.05, 4.69) is 4.90 Å². The van der Waals surface area contributed by atoms with Gasteiger partial charge in [0.1, 0.15) is 29.8 Å². The minimum absolute atomic E-state index is 0.140. The molecule has 8 heteroatoms. The number of ketones is 1. The Hall–Kier alpha value is -3.39. The van der Waals surface area contributed by atoms with Gasteiger partial charge in [0, 0.05) is 40.4 Å². The lowest BCUT2D eigenvalue weighted by atomic mass is 9.99. The van der Waals surface area contributed by atoms with Gasteiger partial charge in [-0.05, 0) is 55.3 Å². The topological polar surface area (TPSA) is 57.2 Å². The Balaban J connectivity index is 1.25. The van der Waals surface area contributed by atoms with Crippen LogP contribution in [0.15, 0.2) is 48.2 Å². The van der Waals surface area contributed by atoms with E-state index in [1.807, 2.05) is 13.0 Å². The van der Waals surface area contributed by atoms with E-state index in [4.69, 9.17) is 30.5 Å². The van der Waals surface area contributed by atoms with E-state index in [-0.39, 0.29) is 24.2 Å². The Morgan fingerprint density at radius 3 is 2.72 bits per heavy atom. The first kappa shape index (κ1) is 23.0. The highest BCUT2D eigenvalue weighted by molar-refractivity contribution is 6.31. The van der Waals surface area contributed by atoms with Gasteiger partial charge in [-0.3, -0.25) is 9.69 Å². The van der Waals surface area contributed by atoms with Gasteiger partial charge >= 0.3 is 0 Å². The number of carbonyl (C=O) groups excluding carboxylic acids is 1. The summed E-state index contributed by atoms with van der Waals surface area (Å²) in [5.74, 6) is 1.69. The Bertz CT molecular complexity index is 1400. The van der Waals surface area contributed by atoms with Gasteiger partial charge in [0.2, 0.25) is 5.78 Å². The van der Waals surface area contributed by atoms with Gasteiger partial charge in [-0.25, -0.2) is 4.39 Å². The van der Waals surface area contributed by atoms with Gasteiger partial charge in [-0.2, -0.15) is 0 Å². The number of hydrogen-bond donors (Lipinski definition) is 0. The number of halogens is 2. The maximum absolute atomic E-state index is 13.3. The molecule has 3 aromatic carbocycles. The fraction of sp³-hybridized carbons (Fsp3) is 0.250. The van der Waals surface area contributed by atoms with Crippen molar-refractivity contribution in [3.8, 4) is 17.2 Å². The van der Waals surface area contributed by atoms with Crippen molar-refractivity contribution in [1.29, 1.82) is 0 Å². The molecular weight excluding hydrogens is 485 g/mol. The lowest BCUT2D eigenvalue weighted by Gasteiger charge is -2.30. The van der Waals surface area contributed by atoms with Crippen molar-refractivity contribution < 1.29 is 28.1 Å². The molecule has 0 saturated heterocycles. The SMILES string of the molecule is Cc1c2c(cc3c1O/C(=C\c1cc(Cl)cc4c1OCOC4)C3=O)CN(CCc1ccc(F)cc1)CO2. The van der Waals surface area contributed by atoms with Crippen LogP contribution in [0.5, 0.6) is 17.2 Å². The van der Waals surface area contributed by atoms with Gasteiger partial charge in [0.05, 0.1) is 12.2 Å². The Morgan fingerprint density at radius 2 is 1.89 bits per heavy atom. The third kappa shape index (κ3) is 4.23. The number of benzene rings is 3. The molecule has 3 aromatic rings. The standard InChI is InChI=1S/C28H23ClFNO5/c1-16-26-19(12-31(14-34-26)7-6-17-2-4-22(30)5-3-17)10-23-25(32)24(36-27(16)23)11-18-8-21(29)9-20-13-33-15-35-28(18)20/h2-5,8-11H,6-7,12-15H2,1H3/b24-11-. The minimum atomic E-state index is -0.240. The van der Waals surface area contributed by atoms with Crippen molar-refractivity contribution in [2.75, 3.05) is 20.1 Å². The molecular formula is C28H23ClFNO5. The zero-order chi connectivity index (χ0) is 24.8. The molecule has 0 fully saturated rings. The molecule has 36 heavy (non-hydrogen) atoms. The Labute approximate surface area is 212 Å². The van der Waals surface area contributed by atoms with Crippen LogP contribution >= 0.6 is 11.6 Å². The molecule has 0 unspecified atom stereocenters. The van der Waals surface area contributed by atoms with Crippen LogP contribution in [0.3, 0.4) is 0 Å². The Morgan fingerprint density at radius 1 is 1.06 bits per heavy atom. The van der Waals surface area contributed by atoms with Crippen molar-refractivity contribution in [3.05, 3.63) is 92.4 Å². The van der Waals surface area contributed by atoms with E-state index >= 15 is 0 Å². The Kier molecular flexibility index (Phi) is 5.91. The lowest BCUT2D eigenvalue weighted by molar-refractivity contribution is -0.0165. The van der Waals surface area contributed by atoms with Crippen LogP contribution < -0.4 is 14.2 Å². The number of nitrogens with zero attached hydrogens (tertiary/aromatic N) is 1. The summed E-state index contributed by atoms with van der Waals surface area (Å²) < 4.78 is 36.3. The molecule has 6 nitrogen and oxygen atoms in total. The fourth-order valence-corrected chi connectivity index (χ4v) is 5.08. The molecule has 3 heterocycles. The molecule has 6 rings (SSSR count). The average molecular weight is 508 g/mol. The van der Waals surface area contributed by atoms with Gasteiger partial charge in [0.15, 0.2) is 12.6 Å². The molecule has 0 radical (unpaired) electrons. The molecule has 0 saturated carbocycles. The molecule has 0 spiro atoms.